The van der Waals surface area contributed by atoms with Crippen LogP contribution in [0.15, 0.2) is 115 Å². The van der Waals surface area contributed by atoms with Crippen LogP contribution >= 0.6 is 23.2 Å². The molecule has 0 bridgehead atoms. The molecule has 10 nitrogen and oxygen atoms in total. The summed E-state index contributed by atoms with van der Waals surface area (Å²) in [5.74, 6) is -3.85. The summed E-state index contributed by atoms with van der Waals surface area (Å²) in [6.07, 6.45) is 1.44. The van der Waals surface area contributed by atoms with Gasteiger partial charge < -0.3 is 19.6 Å². The molecule has 4 amide bonds. The number of amides is 4. The molecule has 354 valence electrons. The maximum Gasteiger partial charge on any atom is 0.250 e. The quantitative estimate of drug-likeness (QED) is 0.132. The van der Waals surface area contributed by atoms with E-state index in [4.69, 9.17) is 27.9 Å². The number of hydrogen-bond donors (Lipinski definition) is 1. The first kappa shape index (κ1) is 50.6. The predicted molar refractivity (Wildman–Crippen MR) is 249 cm³/mol. The van der Waals surface area contributed by atoms with E-state index in [1.807, 2.05) is 30.3 Å². The number of halogens is 6. The number of aliphatic hydroxyl groups excluding tert-OH is 1. The van der Waals surface area contributed by atoms with E-state index in [1.54, 1.807) is 24.3 Å². The van der Waals surface area contributed by atoms with Gasteiger partial charge in [-0.15, -0.1) is 0 Å². The molecule has 2 aliphatic heterocycles. The molecule has 0 radical (unpaired) electrons. The smallest absolute Gasteiger partial charge is 0.250 e. The second-order valence-corrected chi connectivity index (χ2v) is 17.6. The summed E-state index contributed by atoms with van der Waals surface area (Å²) in [4.78, 5) is 58.6. The van der Waals surface area contributed by atoms with Gasteiger partial charge in [0.25, 0.3) is 11.8 Å². The summed E-state index contributed by atoms with van der Waals surface area (Å²) >= 11 is 11.7. The fourth-order valence-electron chi connectivity index (χ4n) is 8.85. The molecule has 5 aromatic carbocycles. The molecule has 2 saturated carbocycles. The van der Waals surface area contributed by atoms with Gasteiger partial charge in [0.2, 0.25) is 11.8 Å². The molecule has 2 heterocycles. The van der Waals surface area contributed by atoms with Crippen molar-refractivity contribution in [3.8, 4) is 0 Å². The maximum absolute atomic E-state index is 14.7. The Morgan fingerprint density at radius 3 is 1.37 bits per heavy atom. The van der Waals surface area contributed by atoms with Gasteiger partial charge in [-0.3, -0.25) is 29.0 Å². The molecule has 2 saturated heterocycles. The Morgan fingerprint density at radius 1 is 0.552 bits per heavy atom. The van der Waals surface area contributed by atoms with Crippen molar-refractivity contribution in [3.05, 3.63) is 165 Å². The van der Waals surface area contributed by atoms with E-state index >= 15 is 0 Å². The molecule has 4 aliphatic rings. The van der Waals surface area contributed by atoms with Crippen LogP contribution in [0.2, 0.25) is 10.0 Å². The summed E-state index contributed by atoms with van der Waals surface area (Å²) in [7, 11) is 0. The van der Waals surface area contributed by atoms with Gasteiger partial charge in [0.15, 0.2) is 0 Å². The molecular formula is C51H52Cl2F4N4O6. The number of hydrogen-bond acceptors (Lipinski definition) is 6. The second-order valence-electron chi connectivity index (χ2n) is 16.8. The minimum absolute atomic E-state index is 0. The summed E-state index contributed by atoms with van der Waals surface area (Å²) < 4.78 is 61.8. The lowest BCUT2D eigenvalue weighted by atomic mass is 9.75. The van der Waals surface area contributed by atoms with Crippen LogP contribution in [0.5, 0.6) is 0 Å². The van der Waals surface area contributed by atoms with E-state index in [-0.39, 0.29) is 104 Å². The highest BCUT2D eigenvalue weighted by molar-refractivity contribution is 6.31. The van der Waals surface area contributed by atoms with E-state index in [1.165, 1.54) is 63.2 Å². The summed E-state index contributed by atoms with van der Waals surface area (Å²) in [6.45, 7) is 0.189. The predicted octanol–water partition coefficient (Wildman–Crippen LogP) is 9.76. The van der Waals surface area contributed by atoms with Crippen LogP contribution in [0.25, 0.3) is 0 Å². The van der Waals surface area contributed by atoms with Crippen molar-refractivity contribution in [2.45, 2.75) is 84.5 Å². The van der Waals surface area contributed by atoms with Gasteiger partial charge in [0.1, 0.15) is 48.4 Å². The number of rotatable bonds is 11. The standard InChI is InChI=1S/C28H25ClF2N2O3.C21H19ClF2N2O3.2CH4/c29-21-8-11-25(24(31)14-21)32-16-26(34)33(15-18-6-9-22(30)10-7-18)27(28(32)35)20-12-23(13-20)36-17-19-4-2-1-3-5-19;22-14-3-6-18(17(24)9-14)25-11-19(28)26(10-12-1-4-15(23)5-2-12)20(21(25)29)13-7-16(27)8-13;;/h1-11,14,20,23,27H,12-13,15-17H2;1-6,9,13,16,20,27H,7-8,10-11H2;2*1H4. The van der Waals surface area contributed by atoms with Crippen molar-refractivity contribution in [1.29, 1.82) is 0 Å². The third-order valence-electron chi connectivity index (χ3n) is 12.4. The minimum atomic E-state index is -0.820. The number of benzene rings is 5. The van der Waals surface area contributed by atoms with Crippen LogP contribution in [-0.2, 0) is 43.6 Å². The number of nitrogens with zero attached hydrogens (tertiary/aromatic N) is 4. The van der Waals surface area contributed by atoms with Crippen LogP contribution in [0, 0.1) is 35.1 Å². The van der Waals surface area contributed by atoms with E-state index < -0.39 is 41.5 Å². The van der Waals surface area contributed by atoms with Gasteiger partial charge in [0, 0.05) is 23.1 Å². The highest BCUT2D eigenvalue weighted by Gasteiger charge is 2.50. The first-order chi connectivity index (χ1) is 31.2. The molecule has 2 aliphatic carbocycles. The van der Waals surface area contributed by atoms with Gasteiger partial charge in [-0.25, -0.2) is 17.6 Å². The Labute approximate surface area is 397 Å². The first-order valence-corrected chi connectivity index (χ1v) is 21.9. The second kappa shape index (κ2) is 21.9. The first-order valence-electron chi connectivity index (χ1n) is 21.2. The third-order valence-corrected chi connectivity index (χ3v) is 12.8. The molecular weight excluding hydrogens is 911 g/mol. The Morgan fingerprint density at radius 2 is 0.970 bits per heavy atom. The zero-order valence-corrected chi connectivity index (χ0v) is 36.4. The molecule has 1 N–H and O–H groups in total. The number of piperazine rings is 2. The van der Waals surface area contributed by atoms with Crippen molar-refractivity contribution < 1.29 is 46.6 Å². The maximum atomic E-state index is 14.7. The topological polar surface area (TPSA) is 111 Å². The van der Waals surface area contributed by atoms with Crippen LogP contribution in [0.1, 0.15) is 57.2 Å². The highest BCUT2D eigenvalue weighted by Crippen LogP contribution is 2.40. The van der Waals surface area contributed by atoms with Gasteiger partial charge in [-0.1, -0.05) is 92.7 Å². The zero-order valence-electron chi connectivity index (χ0n) is 34.8. The van der Waals surface area contributed by atoms with Crippen LogP contribution < -0.4 is 9.80 Å². The van der Waals surface area contributed by atoms with Crippen molar-refractivity contribution in [2.75, 3.05) is 22.9 Å². The van der Waals surface area contributed by atoms with Gasteiger partial charge >= 0.3 is 0 Å². The summed E-state index contributed by atoms with van der Waals surface area (Å²) in [6, 6.07) is 27.8. The number of anilines is 2. The molecule has 4 fully saturated rings. The zero-order chi connectivity index (χ0) is 45.9. The largest absolute Gasteiger partial charge is 0.393 e. The molecule has 0 aromatic heterocycles. The monoisotopic (exact) mass is 962 g/mol. The van der Waals surface area contributed by atoms with Crippen LogP contribution in [0.3, 0.4) is 0 Å². The molecule has 5 aromatic rings. The number of ether oxygens (including phenoxy) is 1. The molecule has 9 rings (SSSR count). The Hall–Kier alpha value is -5.80. The van der Waals surface area contributed by atoms with Gasteiger partial charge in [-0.05, 0) is 115 Å². The normalized spacial score (nSPS) is 22.5. The van der Waals surface area contributed by atoms with E-state index in [9.17, 15) is 41.8 Å². The van der Waals surface area contributed by atoms with Gasteiger partial charge in [0.05, 0.1) is 30.2 Å². The lowest BCUT2D eigenvalue weighted by Gasteiger charge is -2.48. The minimum Gasteiger partial charge on any atom is -0.393 e. The molecule has 2 unspecified atom stereocenters. The lowest BCUT2D eigenvalue weighted by molar-refractivity contribution is -0.151. The van der Waals surface area contributed by atoms with E-state index in [2.05, 4.69) is 0 Å². The number of carbonyl (C=O) groups excluding carboxylic acids is 4. The van der Waals surface area contributed by atoms with Crippen molar-refractivity contribution in [2.24, 2.45) is 11.8 Å². The number of carbonyl (C=O) groups is 4. The van der Waals surface area contributed by atoms with Crippen LogP contribution in [0.4, 0.5) is 28.9 Å². The Kier molecular flexibility index (Phi) is 16.5. The van der Waals surface area contributed by atoms with Crippen molar-refractivity contribution >= 4 is 58.2 Å². The highest BCUT2D eigenvalue weighted by atomic mass is 35.5. The average molecular weight is 964 g/mol. The van der Waals surface area contributed by atoms with E-state index in [0.717, 1.165) is 22.6 Å². The molecule has 2 atom stereocenters. The van der Waals surface area contributed by atoms with Crippen molar-refractivity contribution in [1.82, 2.24) is 9.80 Å². The van der Waals surface area contributed by atoms with Crippen molar-refractivity contribution in [3.63, 3.8) is 0 Å². The van der Waals surface area contributed by atoms with Gasteiger partial charge in [-0.2, -0.15) is 0 Å². The fourth-order valence-corrected chi connectivity index (χ4v) is 9.16. The molecule has 16 heteroatoms. The SMILES string of the molecule is C.C.O=C1C(C2CC(O)C2)N(Cc2ccc(F)cc2)C(=O)CN1c1ccc(Cl)cc1F.O=C1C(C2CC(OCc3ccccc3)C2)N(Cc2ccc(F)cc2)C(=O)CN1c1ccc(Cl)cc1F. The summed E-state index contributed by atoms with van der Waals surface area (Å²) in [5.41, 5.74) is 2.49. The molecule has 67 heavy (non-hydrogen) atoms. The Balaban J connectivity index is 0.000000219. The Bertz CT molecular complexity index is 2550. The summed E-state index contributed by atoms with van der Waals surface area (Å²) in [5, 5.41) is 10.1. The van der Waals surface area contributed by atoms with E-state index in [0.29, 0.717) is 43.4 Å². The third kappa shape index (κ3) is 11.5. The van der Waals surface area contributed by atoms with Crippen LogP contribution in [-0.4, -0.2) is 75.9 Å². The lowest BCUT2D eigenvalue weighted by Crippen LogP contribution is -2.64. The average Bonchev–Trinajstić information content (AvgIpc) is 3.25. The fraction of sp³-hybridized carbons (Fsp3) is 0.333. The molecule has 0 spiro atoms. The number of aliphatic hydroxyl groups is 1.